The lowest BCUT2D eigenvalue weighted by atomic mass is 10.0. The quantitative estimate of drug-likeness (QED) is 0.817. The lowest BCUT2D eigenvalue weighted by molar-refractivity contribution is 0.0993. The summed E-state index contributed by atoms with van der Waals surface area (Å²) in [7, 11) is 0. The largest absolute Gasteiger partial charge is 0.384 e. The van der Waals surface area contributed by atoms with Gasteiger partial charge in [-0.1, -0.05) is 29.8 Å². The minimum Gasteiger partial charge on any atom is -0.384 e. The molecule has 2 aromatic rings. The lowest BCUT2D eigenvalue weighted by Gasteiger charge is -2.02. The maximum atomic E-state index is 12.0. The lowest BCUT2D eigenvalue weighted by Crippen LogP contribution is -2.04. The Morgan fingerprint density at radius 3 is 2.59 bits per heavy atom. The van der Waals surface area contributed by atoms with Crippen LogP contribution in [0.2, 0.25) is 0 Å². The van der Waals surface area contributed by atoms with Crippen LogP contribution in [0.3, 0.4) is 0 Å². The Morgan fingerprint density at radius 1 is 1.24 bits per heavy atom. The van der Waals surface area contributed by atoms with Gasteiger partial charge in [-0.3, -0.25) is 4.79 Å². The summed E-state index contributed by atoms with van der Waals surface area (Å²) < 4.78 is 0. The minimum atomic E-state index is 0.0931. The van der Waals surface area contributed by atoms with E-state index in [1.165, 1.54) is 0 Å². The highest BCUT2D eigenvalue weighted by atomic mass is 16.1. The number of anilines is 1. The Kier molecular flexibility index (Phi) is 3.19. The summed E-state index contributed by atoms with van der Waals surface area (Å²) in [6.07, 6.45) is 1.98. The van der Waals surface area contributed by atoms with E-state index in [-0.39, 0.29) is 5.78 Å². The number of nitrogens with two attached hydrogens (primary N) is 1. The third kappa shape index (κ3) is 2.91. The summed E-state index contributed by atoms with van der Waals surface area (Å²) in [6, 6.07) is 11.1. The molecule has 1 heterocycles. The molecule has 0 aliphatic carbocycles. The van der Waals surface area contributed by atoms with E-state index >= 15 is 0 Å². The van der Waals surface area contributed by atoms with Crippen molar-refractivity contribution in [2.24, 2.45) is 0 Å². The number of carbonyl (C=O) groups is 1. The van der Waals surface area contributed by atoms with E-state index in [0.29, 0.717) is 12.2 Å². The van der Waals surface area contributed by atoms with E-state index in [1.54, 1.807) is 12.3 Å². The Balaban J connectivity index is 2.14. The number of nitrogen functional groups attached to an aromatic ring is 1. The van der Waals surface area contributed by atoms with Crippen LogP contribution < -0.4 is 5.73 Å². The van der Waals surface area contributed by atoms with E-state index in [0.717, 1.165) is 16.7 Å². The molecule has 1 aromatic carbocycles. The van der Waals surface area contributed by atoms with Gasteiger partial charge in [0.2, 0.25) is 0 Å². The highest BCUT2D eigenvalue weighted by Crippen LogP contribution is 2.10. The first kappa shape index (κ1) is 11.3. The molecular formula is C14H14N2O. The second-order valence-corrected chi connectivity index (χ2v) is 4.05. The van der Waals surface area contributed by atoms with Gasteiger partial charge in [-0.05, 0) is 24.6 Å². The molecule has 0 radical (unpaired) electrons. The number of hydrogen-bond donors (Lipinski definition) is 1. The van der Waals surface area contributed by atoms with Crippen molar-refractivity contribution in [1.82, 2.24) is 4.98 Å². The molecule has 0 atom stereocenters. The molecule has 0 aliphatic rings. The Bertz CT molecular complexity index is 532. The van der Waals surface area contributed by atoms with Crippen molar-refractivity contribution in [3.8, 4) is 0 Å². The number of ketones is 1. The number of aromatic nitrogens is 1. The zero-order valence-corrected chi connectivity index (χ0v) is 9.68. The van der Waals surface area contributed by atoms with Gasteiger partial charge in [0.15, 0.2) is 5.78 Å². The molecular weight excluding hydrogens is 212 g/mol. The maximum Gasteiger partial charge on any atom is 0.167 e. The smallest absolute Gasteiger partial charge is 0.167 e. The molecule has 1 aromatic heterocycles. The van der Waals surface area contributed by atoms with Gasteiger partial charge in [-0.25, -0.2) is 4.98 Å². The van der Waals surface area contributed by atoms with E-state index in [2.05, 4.69) is 4.98 Å². The van der Waals surface area contributed by atoms with Gasteiger partial charge < -0.3 is 5.73 Å². The van der Waals surface area contributed by atoms with Crippen LogP contribution in [0.15, 0.2) is 42.6 Å². The third-order valence-electron chi connectivity index (χ3n) is 2.58. The van der Waals surface area contributed by atoms with Crippen LogP contribution in [-0.4, -0.2) is 10.8 Å². The highest BCUT2D eigenvalue weighted by molar-refractivity contribution is 5.97. The molecule has 0 saturated heterocycles. The number of aryl methyl sites for hydroxylation is 1. The second-order valence-electron chi connectivity index (χ2n) is 4.05. The van der Waals surface area contributed by atoms with E-state index in [4.69, 9.17) is 5.73 Å². The van der Waals surface area contributed by atoms with Gasteiger partial charge >= 0.3 is 0 Å². The van der Waals surface area contributed by atoms with E-state index in [1.807, 2.05) is 37.3 Å². The topological polar surface area (TPSA) is 56.0 Å². The first-order valence-corrected chi connectivity index (χ1v) is 5.45. The minimum absolute atomic E-state index is 0.0931. The SMILES string of the molecule is Cc1ccc(C(=O)Cc2ccnc(N)c2)cc1. The zero-order valence-electron chi connectivity index (χ0n) is 9.68. The van der Waals surface area contributed by atoms with Crippen LogP contribution in [0.4, 0.5) is 5.82 Å². The molecule has 0 bridgehead atoms. The van der Waals surface area contributed by atoms with Crippen molar-refractivity contribution in [3.05, 3.63) is 59.3 Å². The number of hydrogen-bond acceptors (Lipinski definition) is 3. The Morgan fingerprint density at radius 2 is 1.94 bits per heavy atom. The van der Waals surface area contributed by atoms with Gasteiger partial charge in [0.25, 0.3) is 0 Å². The first-order valence-electron chi connectivity index (χ1n) is 5.45. The molecule has 86 valence electrons. The molecule has 0 saturated carbocycles. The molecule has 17 heavy (non-hydrogen) atoms. The Hall–Kier alpha value is -2.16. The first-order chi connectivity index (χ1) is 8.15. The number of nitrogens with zero attached hydrogens (tertiary/aromatic N) is 1. The molecule has 3 heteroatoms. The fraction of sp³-hybridized carbons (Fsp3) is 0.143. The number of rotatable bonds is 3. The van der Waals surface area contributed by atoms with Crippen LogP contribution in [-0.2, 0) is 6.42 Å². The molecule has 2 N–H and O–H groups in total. The predicted molar refractivity (Wildman–Crippen MR) is 67.9 cm³/mol. The fourth-order valence-electron chi connectivity index (χ4n) is 1.63. The molecule has 3 nitrogen and oxygen atoms in total. The van der Waals surface area contributed by atoms with Crippen molar-refractivity contribution < 1.29 is 4.79 Å². The van der Waals surface area contributed by atoms with E-state index in [9.17, 15) is 4.79 Å². The van der Waals surface area contributed by atoms with Crippen molar-refractivity contribution >= 4 is 11.6 Å². The van der Waals surface area contributed by atoms with Crippen molar-refractivity contribution in [3.63, 3.8) is 0 Å². The monoisotopic (exact) mass is 226 g/mol. The normalized spacial score (nSPS) is 10.2. The summed E-state index contributed by atoms with van der Waals surface area (Å²) in [5.41, 5.74) is 8.34. The van der Waals surface area contributed by atoms with Crippen LogP contribution in [0.5, 0.6) is 0 Å². The molecule has 0 fully saturated rings. The summed E-state index contributed by atoms with van der Waals surface area (Å²) in [5.74, 6) is 0.537. The van der Waals surface area contributed by atoms with Crippen LogP contribution in [0, 0.1) is 6.92 Å². The standard InChI is InChI=1S/C14H14N2O/c1-10-2-4-12(5-3-10)13(17)8-11-6-7-16-14(15)9-11/h2-7,9H,8H2,1H3,(H2,15,16). The average molecular weight is 226 g/mol. The predicted octanol–water partition coefficient (Wildman–Crippen LogP) is 2.40. The molecule has 2 rings (SSSR count). The molecule has 0 aliphatic heterocycles. The highest BCUT2D eigenvalue weighted by Gasteiger charge is 2.06. The summed E-state index contributed by atoms with van der Waals surface area (Å²) in [6.45, 7) is 2.00. The maximum absolute atomic E-state index is 12.0. The summed E-state index contributed by atoms with van der Waals surface area (Å²) >= 11 is 0. The average Bonchev–Trinajstić information content (AvgIpc) is 2.29. The summed E-state index contributed by atoms with van der Waals surface area (Å²) in [5, 5.41) is 0. The zero-order chi connectivity index (χ0) is 12.3. The fourth-order valence-corrected chi connectivity index (χ4v) is 1.63. The van der Waals surface area contributed by atoms with Gasteiger partial charge in [0, 0.05) is 18.2 Å². The summed E-state index contributed by atoms with van der Waals surface area (Å²) in [4.78, 5) is 15.9. The van der Waals surface area contributed by atoms with Crippen molar-refractivity contribution in [1.29, 1.82) is 0 Å². The molecule has 0 amide bonds. The van der Waals surface area contributed by atoms with E-state index < -0.39 is 0 Å². The number of pyridine rings is 1. The van der Waals surface area contributed by atoms with Crippen molar-refractivity contribution in [2.75, 3.05) is 5.73 Å². The molecule has 0 unspecified atom stereocenters. The molecule has 0 spiro atoms. The van der Waals surface area contributed by atoms with Crippen LogP contribution in [0.25, 0.3) is 0 Å². The van der Waals surface area contributed by atoms with Crippen molar-refractivity contribution in [2.45, 2.75) is 13.3 Å². The number of Topliss-reactive ketones (excluding diaryl/α,β-unsaturated/α-hetero) is 1. The number of carbonyl (C=O) groups excluding carboxylic acids is 1. The number of benzene rings is 1. The second kappa shape index (κ2) is 4.78. The van der Waals surface area contributed by atoms with Gasteiger partial charge in [-0.15, -0.1) is 0 Å². The van der Waals surface area contributed by atoms with Crippen LogP contribution >= 0.6 is 0 Å². The Labute approximate surface area is 100 Å². The van der Waals surface area contributed by atoms with Gasteiger partial charge in [0.1, 0.15) is 5.82 Å². The third-order valence-corrected chi connectivity index (χ3v) is 2.58. The van der Waals surface area contributed by atoms with Gasteiger partial charge in [0.05, 0.1) is 0 Å². The van der Waals surface area contributed by atoms with Crippen LogP contribution in [0.1, 0.15) is 21.5 Å². The van der Waals surface area contributed by atoms with Gasteiger partial charge in [-0.2, -0.15) is 0 Å².